The maximum Gasteiger partial charge on any atom is 0.266 e. The largest absolute Gasteiger partial charge is 0.497 e. The Bertz CT molecular complexity index is 802. The number of thiophene rings is 1. The van der Waals surface area contributed by atoms with Gasteiger partial charge in [0.15, 0.2) is 5.82 Å². The maximum atomic E-state index is 11.9. The average molecular weight is 354 g/mol. The van der Waals surface area contributed by atoms with Crippen LogP contribution in [0.1, 0.15) is 15.2 Å². The molecule has 7 heteroatoms. The van der Waals surface area contributed by atoms with Gasteiger partial charge in [0, 0.05) is 6.54 Å². The van der Waals surface area contributed by atoms with E-state index in [-0.39, 0.29) is 5.91 Å². The number of carbonyl (C=O) groups excluding carboxylic acids is 1. The number of nitrogens with one attached hydrogen (secondary N) is 2. The molecule has 0 unspecified atom stereocenters. The van der Waals surface area contributed by atoms with E-state index in [9.17, 15) is 4.79 Å². The summed E-state index contributed by atoms with van der Waals surface area (Å²) in [6, 6.07) is 15.1. The Balaban J connectivity index is 1.48. The summed E-state index contributed by atoms with van der Waals surface area (Å²) in [4.78, 5) is 12.6. The first-order valence-corrected chi connectivity index (χ1v) is 8.68. The SMILES string of the molecule is COc1ccc(CCNc2ccc(NC(=O)c3cccs3)nn2)cc1. The molecule has 2 heterocycles. The number of hydrogen-bond donors (Lipinski definition) is 2. The molecule has 0 spiro atoms. The minimum absolute atomic E-state index is 0.176. The number of rotatable bonds is 7. The van der Waals surface area contributed by atoms with Gasteiger partial charge in [0.2, 0.25) is 0 Å². The lowest BCUT2D eigenvalue weighted by Crippen LogP contribution is -2.12. The van der Waals surface area contributed by atoms with E-state index in [0.29, 0.717) is 16.5 Å². The van der Waals surface area contributed by atoms with Crippen LogP contribution in [0.25, 0.3) is 0 Å². The Kier molecular flexibility index (Phi) is 5.58. The first-order chi connectivity index (χ1) is 12.2. The number of carbonyl (C=O) groups is 1. The summed E-state index contributed by atoms with van der Waals surface area (Å²) >= 11 is 1.38. The van der Waals surface area contributed by atoms with Crippen LogP contribution in [0.3, 0.4) is 0 Å². The van der Waals surface area contributed by atoms with Crippen molar-refractivity contribution in [2.45, 2.75) is 6.42 Å². The second-order valence-electron chi connectivity index (χ2n) is 5.26. The van der Waals surface area contributed by atoms with Gasteiger partial charge in [-0.15, -0.1) is 21.5 Å². The van der Waals surface area contributed by atoms with E-state index in [1.54, 1.807) is 25.3 Å². The van der Waals surface area contributed by atoms with Crippen LogP contribution in [0.2, 0.25) is 0 Å². The number of hydrogen-bond acceptors (Lipinski definition) is 6. The van der Waals surface area contributed by atoms with E-state index in [1.165, 1.54) is 16.9 Å². The maximum absolute atomic E-state index is 11.9. The second kappa shape index (κ2) is 8.25. The molecule has 3 aromatic rings. The molecule has 1 amide bonds. The standard InChI is InChI=1S/C18H18N4O2S/c1-24-14-6-4-13(5-7-14)10-11-19-16-8-9-17(22-21-16)20-18(23)15-3-2-12-25-15/h2-9,12H,10-11H2,1H3,(H,19,21)(H,20,22,23). The average Bonchev–Trinajstić information content (AvgIpc) is 3.19. The molecule has 2 N–H and O–H groups in total. The molecule has 0 fully saturated rings. The fourth-order valence-electron chi connectivity index (χ4n) is 2.21. The third-order valence-electron chi connectivity index (χ3n) is 3.53. The van der Waals surface area contributed by atoms with E-state index < -0.39 is 0 Å². The highest BCUT2D eigenvalue weighted by Crippen LogP contribution is 2.13. The smallest absolute Gasteiger partial charge is 0.266 e. The van der Waals surface area contributed by atoms with E-state index in [1.807, 2.05) is 35.7 Å². The van der Waals surface area contributed by atoms with E-state index in [4.69, 9.17) is 4.74 Å². The number of benzene rings is 1. The van der Waals surface area contributed by atoms with Crippen LogP contribution in [-0.2, 0) is 6.42 Å². The number of anilines is 2. The number of nitrogens with zero attached hydrogens (tertiary/aromatic N) is 2. The molecule has 0 aliphatic carbocycles. The molecular formula is C18H18N4O2S. The van der Waals surface area contributed by atoms with E-state index >= 15 is 0 Å². The highest BCUT2D eigenvalue weighted by Gasteiger charge is 2.07. The Morgan fingerprint density at radius 3 is 2.48 bits per heavy atom. The second-order valence-corrected chi connectivity index (χ2v) is 6.21. The molecule has 0 bridgehead atoms. The van der Waals surface area contributed by atoms with Gasteiger partial charge in [-0.3, -0.25) is 4.79 Å². The summed E-state index contributed by atoms with van der Waals surface area (Å²) in [6.07, 6.45) is 0.864. The van der Waals surface area contributed by atoms with Crippen molar-refractivity contribution in [2.24, 2.45) is 0 Å². The minimum Gasteiger partial charge on any atom is -0.497 e. The summed E-state index contributed by atoms with van der Waals surface area (Å²) in [6.45, 7) is 0.738. The fraction of sp³-hybridized carbons (Fsp3) is 0.167. The molecule has 3 rings (SSSR count). The zero-order chi connectivity index (χ0) is 17.5. The molecule has 0 saturated carbocycles. The summed E-state index contributed by atoms with van der Waals surface area (Å²) in [5.41, 5.74) is 1.21. The summed E-state index contributed by atoms with van der Waals surface area (Å²) in [5.74, 6) is 1.77. The minimum atomic E-state index is -0.176. The summed E-state index contributed by atoms with van der Waals surface area (Å²) in [5, 5.41) is 15.9. The van der Waals surface area contributed by atoms with Gasteiger partial charge in [-0.05, 0) is 47.7 Å². The number of methoxy groups -OCH3 is 1. The van der Waals surface area contributed by atoms with Gasteiger partial charge in [-0.1, -0.05) is 18.2 Å². The molecule has 2 aromatic heterocycles. The zero-order valence-electron chi connectivity index (χ0n) is 13.7. The molecule has 0 aliphatic rings. The third kappa shape index (κ3) is 4.77. The van der Waals surface area contributed by atoms with Gasteiger partial charge in [0.05, 0.1) is 12.0 Å². The lowest BCUT2D eigenvalue weighted by molar-refractivity contribution is 0.103. The van der Waals surface area contributed by atoms with Crippen molar-refractivity contribution >= 4 is 28.9 Å². The van der Waals surface area contributed by atoms with Gasteiger partial charge < -0.3 is 15.4 Å². The molecule has 128 valence electrons. The Labute approximate surface area is 149 Å². The lowest BCUT2D eigenvalue weighted by atomic mass is 10.1. The van der Waals surface area contributed by atoms with Crippen LogP contribution < -0.4 is 15.4 Å². The fourth-order valence-corrected chi connectivity index (χ4v) is 2.82. The van der Waals surface area contributed by atoms with Crippen molar-refractivity contribution in [1.29, 1.82) is 0 Å². The van der Waals surface area contributed by atoms with Gasteiger partial charge >= 0.3 is 0 Å². The van der Waals surface area contributed by atoms with Crippen LogP contribution >= 0.6 is 11.3 Å². The van der Waals surface area contributed by atoms with E-state index in [0.717, 1.165) is 18.7 Å². The Morgan fingerprint density at radius 1 is 1.08 bits per heavy atom. The number of aromatic nitrogens is 2. The van der Waals surface area contributed by atoms with Crippen molar-refractivity contribution in [3.05, 3.63) is 64.4 Å². The monoisotopic (exact) mass is 354 g/mol. The molecule has 0 atom stereocenters. The van der Waals surface area contributed by atoms with Crippen molar-refractivity contribution in [3.63, 3.8) is 0 Å². The van der Waals surface area contributed by atoms with Crippen LogP contribution in [0.15, 0.2) is 53.9 Å². The van der Waals surface area contributed by atoms with Crippen molar-refractivity contribution < 1.29 is 9.53 Å². The lowest BCUT2D eigenvalue weighted by Gasteiger charge is -2.07. The van der Waals surface area contributed by atoms with Crippen molar-refractivity contribution in [3.8, 4) is 5.75 Å². The highest BCUT2D eigenvalue weighted by molar-refractivity contribution is 7.12. The molecular weight excluding hydrogens is 336 g/mol. The molecule has 0 saturated heterocycles. The highest BCUT2D eigenvalue weighted by atomic mass is 32.1. The molecule has 6 nitrogen and oxygen atoms in total. The molecule has 0 aliphatic heterocycles. The summed E-state index contributed by atoms with van der Waals surface area (Å²) < 4.78 is 5.14. The van der Waals surface area contributed by atoms with Gasteiger partial charge in [-0.2, -0.15) is 0 Å². The molecule has 1 aromatic carbocycles. The quantitative estimate of drug-likeness (QED) is 0.680. The van der Waals surface area contributed by atoms with Crippen LogP contribution in [0.5, 0.6) is 5.75 Å². The number of ether oxygens (including phenoxy) is 1. The van der Waals surface area contributed by atoms with Crippen LogP contribution in [-0.4, -0.2) is 29.8 Å². The molecule has 25 heavy (non-hydrogen) atoms. The van der Waals surface area contributed by atoms with Gasteiger partial charge in [0.1, 0.15) is 11.6 Å². The first-order valence-electron chi connectivity index (χ1n) is 7.80. The third-order valence-corrected chi connectivity index (χ3v) is 4.40. The van der Waals surface area contributed by atoms with Gasteiger partial charge in [0.25, 0.3) is 5.91 Å². The molecule has 0 radical (unpaired) electrons. The topological polar surface area (TPSA) is 76.1 Å². The summed E-state index contributed by atoms with van der Waals surface area (Å²) in [7, 11) is 1.65. The van der Waals surface area contributed by atoms with Gasteiger partial charge in [-0.25, -0.2) is 0 Å². The predicted octanol–water partition coefficient (Wildman–Crippen LogP) is 3.45. The predicted molar refractivity (Wildman–Crippen MR) is 99.5 cm³/mol. The Morgan fingerprint density at radius 2 is 1.84 bits per heavy atom. The normalized spacial score (nSPS) is 10.3. The van der Waals surface area contributed by atoms with Crippen molar-refractivity contribution in [1.82, 2.24) is 10.2 Å². The van der Waals surface area contributed by atoms with Crippen molar-refractivity contribution in [2.75, 3.05) is 24.3 Å². The zero-order valence-corrected chi connectivity index (χ0v) is 14.5. The van der Waals surface area contributed by atoms with Crippen LogP contribution in [0.4, 0.5) is 11.6 Å². The van der Waals surface area contributed by atoms with E-state index in [2.05, 4.69) is 20.8 Å². The first kappa shape index (κ1) is 16.9. The number of amides is 1. The van der Waals surface area contributed by atoms with Crippen LogP contribution in [0, 0.1) is 0 Å². The Hall–Kier alpha value is -2.93.